The zero-order valence-electron chi connectivity index (χ0n) is 11.1. The quantitative estimate of drug-likeness (QED) is 0.659. The maximum Gasteiger partial charge on any atom is 0.412 e. The predicted molar refractivity (Wildman–Crippen MR) is 65.4 cm³/mol. The molecule has 6 nitrogen and oxygen atoms in total. The van der Waals surface area contributed by atoms with E-state index in [1.807, 2.05) is 0 Å². The van der Waals surface area contributed by atoms with Gasteiger partial charge in [0.25, 0.3) is 0 Å². The number of esters is 1. The van der Waals surface area contributed by atoms with Gasteiger partial charge in [-0.2, -0.15) is 4.39 Å². The van der Waals surface area contributed by atoms with Gasteiger partial charge in [0.15, 0.2) is 0 Å². The summed E-state index contributed by atoms with van der Waals surface area (Å²) in [6.45, 7) is 5.04. The number of nitrogens with one attached hydrogen (secondary N) is 1. The molecule has 0 radical (unpaired) electrons. The second-order valence-corrected chi connectivity index (χ2v) is 4.67. The minimum atomic E-state index is -0.835. The summed E-state index contributed by atoms with van der Waals surface area (Å²) in [5, 5.41) is 2.28. The van der Waals surface area contributed by atoms with Crippen molar-refractivity contribution < 1.29 is 23.5 Å². The second-order valence-electron chi connectivity index (χ2n) is 4.67. The molecule has 0 atom stereocenters. The van der Waals surface area contributed by atoms with E-state index in [1.165, 1.54) is 7.11 Å². The highest BCUT2D eigenvalue weighted by Crippen LogP contribution is 2.18. The maximum atomic E-state index is 13.0. The Morgan fingerprint density at radius 3 is 2.53 bits per heavy atom. The van der Waals surface area contributed by atoms with E-state index in [0.717, 1.165) is 12.3 Å². The SMILES string of the molecule is COC(=O)c1cnc(F)cc1NC(=O)OC(C)(C)C. The zero-order valence-corrected chi connectivity index (χ0v) is 11.1. The summed E-state index contributed by atoms with van der Waals surface area (Å²) in [6.07, 6.45) is 0.177. The molecule has 1 N–H and O–H groups in total. The lowest BCUT2D eigenvalue weighted by Gasteiger charge is -2.20. The van der Waals surface area contributed by atoms with Crippen LogP contribution in [-0.2, 0) is 9.47 Å². The van der Waals surface area contributed by atoms with Crippen LogP contribution in [0, 0.1) is 5.95 Å². The molecule has 1 amide bonds. The molecule has 1 heterocycles. The van der Waals surface area contributed by atoms with Crippen molar-refractivity contribution in [2.45, 2.75) is 26.4 Å². The fraction of sp³-hybridized carbons (Fsp3) is 0.417. The number of carbonyl (C=O) groups is 2. The number of methoxy groups -OCH3 is 1. The van der Waals surface area contributed by atoms with Crippen molar-refractivity contribution in [3.8, 4) is 0 Å². The Hall–Kier alpha value is -2.18. The highest BCUT2D eigenvalue weighted by atomic mass is 19.1. The Balaban J connectivity index is 2.96. The predicted octanol–water partition coefficient (Wildman–Crippen LogP) is 2.35. The third-order valence-corrected chi connectivity index (χ3v) is 1.91. The van der Waals surface area contributed by atoms with Crippen LogP contribution in [0.25, 0.3) is 0 Å². The number of carbonyl (C=O) groups excluding carboxylic acids is 2. The van der Waals surface area contributed by atoms with Gasteiger partial charge in [0.1, 0.15) is 11.2 Å². The molecule has 0 bridgehead atoms. The van der Waals surface area contributed by atoms with Crippen LogP contribution in [0.2, 0.25) is 0 Å². The third kappa shape index (κ3) is 4.53. The number of rotatable bonds is 2. The first-order valence-electron chi connectivity index (χ1n) is 5.47. The van der Waals surface area contributed by atoms with Crippen LogP contribution >= 0.6 is 0 Å². The lowest BCUT2D eigenvalue weighted by molar-refractivity contribution is 0.0601. The molecule has 1 aromatic rings. The average molecular weight is 270 g/mol. The van der Waals surface area contributed by atoms with E-state index in [0.29, 0.717) is 0 Å². The first kappa shape index (κ1) is 14.9. The van der Waals surface area contributed by atoms with Gasteiger partial charge in [-0.1, -0.05) is 0 Å². The van der Waals surface area contributed by atoms with Crippen LogP contribution in [0.5, 0.6) is 0 Å². The molecule has 0 spiro atoms. The van der Waals surface area contributed by atoms with E-state index in [9.17, 15) is 14.0 Å². The van der Waals surface area contributed by atoms with Crippen molar-refractivity contribution in [2.75, 3.05) is 12.4 Å². The van der Waals surface area contributed by atoms with Crippen LogP contribution in [0.1, 0.15) is 31.1 Å². The smallest absolute Gasteiger partial charge is 0.412 e. The van der Waals surface area contributed by atoms with Crippen molar-refractivity contribution in [3.63, 3.8) is 0 Å². The van der Waals surface area contributed by atoms with Gasteiger partial charge in [-0.15, -0.1) is 0 Å². The van der Waals surface area contributed by atoms with Crippen molar-refractivity contribution in [3.05, 3.63) is 23.8 Å². The van der Waals surface area contributed by atoms with Gasteiger partial charge in [-0.3, -0.25) is 5.32 Å². The number of halogens is 1. The molecular weight excluding hydrogens is 255 g/mol. The highest BCUT2D eigenvalue weighted by molar-refractivity contribution is 5.99. The van der Waals surface area contributed by atoms with Gasteiger partial charge >= 0.3 is 12.1 Å². The monoisotopic (exact) mass is 270 g/mol. The topological polar surface area (TPSA) is 77.5 Å². The first-order chi connectivity index (χ1) is 8.73. The fourth-order valence-corrected chi connectivity index (χ4v) is 1.22. The molecule has 1 rings (SSSR count). The third-order valence-electron chi connectivity index (χ3n) is 1.91. The number of hydrogen-bond acceptors (Lipinski definition) is 5. The Labute approximate surface area is 109 Å². The van der Waals surface area contributed by atoms with Crippen LogP contribution in [0.15, 0.2) is 12.3 Å². The highest BCUT2D eigenvalue weighted by Gasteiger charge is 2.20. The Bertz CT molecular complexity index is 497. The lowest BCUT2D eigenvalue weighted by atomic mass is 10.2. The van der Waals surface area contributed by atoms with Gasteiger partial charge in [-0.05, 0) is 20.8 Å². The molecule has 1 aromatic heterocycles. The molecule has 104 valence electrons. The Kier molecular flexibility index (Phi) is 4.42. The summed E-state index contributed by atoms with van der Waals surface area (Å²) < 4.78 is 22.6. The molecule has 0 saturated heterocycles. The van der Waals surface area contributed by atoms with Gasteiger partial charge in [0.2, 0.25) is 5.95 Å². The van der Waals surface area contributed by atoms with E-state index < -0.39 is 23.6 Å². The molecule has 0 aliphatic heterocycles. The van der Waals surface area contributed by atoms with Gasteiger partial charge in [-0.25, -0.2) is 14.6 Å². The number of ether oxygens (including phenoxy) is 2. The lowest BCUT2D eigenvalue weighted by Crippen LogP contribution is -2.28. The van der Waals surface area contributed by atoms with E-state index in [-0.39, 0.29) is 11.3 Å². The summed E-state index contributed by atoms with van der Waals surface area (Å²) in [7, 11) is 1.17. The number of anilines is 1. The molecule has 0 aliphatic rings. The molecule has 0 fully saturated rings. The molecule has 0 aromatic carbocycles. The summed E-state index contributed by atoms with van der Waals surface area (Å²) in [5.74, 6) is -1.57. The van der Waals surface area contributed by atoms with Crippen LogP contribution in [0.4, 0.5) is 14.9 Å². The molecule has 19 heavy (non-hydrogen) atoms. The zero-order chi connectivity index (χ0) is 14.6. The van der Waals surface area contributed by atoms with Crippen molar-refractivity contribution >= 4 is 17.7 Å². The molecule has 7 heteroatoms. The molecule has 0 unspecified atom stereocenters. The number of hydrogen-bond donors (Lipinski definition) is 1. The Morgan fingerprint density at radius 1 is 1.37 bits per heavy atom. The number of nitrogens with zero attached hydrogens (tertiary/aromatic N) is 1. The van der Waals surface area contributed by atoms with Crippen LogP contribution < -0.4 is 5.32 Å². The van der Waals surface area contributed by atoms with E-state index in [4.69, 9.17) is 4.74 Å². The van der Waals surface area contributed by atoms with Crippen LogP contribution in [0.3, 0.4) is 0 Å². The fourth-order valence-electron chi connectivity index (χ4n) is 1.22. The van der Waals surface area contributed by atoms with Crippen LogP contribution in [-0.4, -0.2) is 29.8 Å². The maximum absolute atomic E-state index is 13.0. The van der Waals surface area contributed by atoms with Crippen molar-refractivity contribution in [2.24, 2.45) is 0 Å². The van der Waals surface area contributed by atoms with Gasteiger partial charge < -0.3 is 9.47 Å². The first-order valence-corrected chi connectivity index (χ1v) is 5.47. The second kappa shape index (κ2) is 5.64. The van der Waals surface area contributed by atoms with E-state index in [1.54, 1.807) is 20.8 Å². The number of aromatic nitrogens is 1. The number of pyridine rings is 1. The minimum Gasteiger partial charge on any atom is -0.465 e. The van der Waals surface area contributed by atoms with Crippen molar-refractivity contribution in [1.82, 2.24) is 4.98 Å². The number of amides is 1. The van der Waals surface area contributed by atoms with E-state index in [2.05, 4.69) is 15.0 Å². The molecule has 0 aliphatic carbocycles. The summed E-state index contributed by atoms with van der Waals surface area (Å²) >= 11 is 0. The summed E-state index contributed by atoms with van der Waals surface area (Å²) in [4.78, 5) is 26.3. The van der Waals surface area contributed by atoms with Crippen molar-refractivity contribution in [1.29, 1.82) is 0 Å². The largest absolute Gasteiger partial charge is 0.465 e. The van der Waals surface area contributed by atoms with Gasteiger partial charge in [0.05, 0.1) is 12.8 Å². The molecule has 0 saturated carbocycles. The van der Waals surface area contributed by atoms with E-state index >= 15 is 0 Å². The average Bonchev–Trinajstić information content (AvgIpc) is 2.25. The van der Waals surface area contributed by atoms with Gasteiger partial charge in [0, 0.05) is 12.3 Å². The standard InChI is InChI=1S/C12H15FN2O4/c1-12(2,3)19-11(17)15-8-5-9(13)14-6-7(8)10(16)18-4/h5-6H,1-4H3,(H,14,15,17). The Morgan fingerprint density at radius 2 is 2.00 bits per heavy atom. The summed E-state index contributed by atoms with van der Waals surface area (Å²) in [5.41, 5.74) is -0.829. The summed E-state index contributed by atoms with van der Waals surface area (Å²) in [6, 6.07) is 0.913. The minimum absolute atomic E-state index is 0.0604. The molecular formula is C12H15FN2O4. The normalized spacial score (nSPS) is 10.8.